The molecular formula is C9H14N2O2. The molecule has 0 aliphatic heterocycles. The number of hydrogen-bond acceptors (Lipinski definition) is 4. The minimum atomic E-state index is -0.590. The second kappa shape index (κ2) is 4.00. The van der Waals surface area contributed by atoms with Crippen LogP contribution < -0.4 is 15.8 Å². The molecule has 4 N–H and O–H groups in total. The van der Waals surface area contributed by atoms with Crippen molar-refractivity contribution in [1.29, 1.82) is 0 Å². The number of ether oxygens (including phenoxy) is 1. The average Bonchev–Trinajstić information content (AvgIpc) is 2.03. The summed E-state index contributed by atoms with van der Waals surface area (Å²) in [7, 11) is 1.56. The van der Waals surface area contributed by atoms with Gasteiger partial charge in [0.15, 0.2) is 0 Å². The maximum absolute atomic E-state index is 9.04. The highest BCUT2D eigenvalue weighted by Crippen LogP contribution is 2.24. The first-order valence-corrected chi connectivity index (χ1v) is 4.01. The second-order valence-electron chi connectivity index (χ2n) is 2.78. The van der Waals surface area contributed by atoms with Crippen molar-refractivity contribution in [3.8, 4) is 5.75 Å². The Morgan fingerprint density at radius 3 is 2.69 bits per heavy atom. The fraction of sp³-hybridized carbons (Fsp3) is 0.333. The van der Waals surface area contributed by atoms with Crippen LogP contribution in [0.4, 0.5) is 11.4 Å². The summed E-state index contributed by atoms with van der Waals surface area (Å²) in [6.07, 6.45) is -0.590. The summed E-state index contributed by atoms with van der Waals surface area (Å²) in [6.45, 7) is 1.64. The fourth-order valence-electron chi connectivity index (χ4n) is 1.07. The van der Waals surface area contributed by atoms with Crippen LogP contribution in [0.25, 0.3) is 0 Å². The Labute approximate surface area is 77.3 Å². The molecule has 0 amide bonds. The van der Waals surface area contributed by atoms with Crippen molar-refractivity contribution in [2.24, 2.45) is 0 Å². The first kappa shape index (κ1) is 9.67. The van der Waals surface area contributed by atoms with Gasteiger partial charge in [0.25, 0.3) is 0 Å². The van der Waals surface area contributed by atoms with E-state index in [9.17, 15) is 0 Å². The summed E-state index contributed by atoms with van der Waals surface area (Å²) < 4.78 is 4.99. The molecule has 0 heterocycles. The maximum atomic E-state index is 9.04. The molecule has 0 spiro atoms. The molecule has 13 heavy (non-hydrogen) atoms. The van der Waals surface area contributed by atoms with Crippen molar-refractivity contribution in [3.05, 3.63) is 18.2 Å². The van der Waals surface area contributed by atoms with Crippen molar-refractivity contribution >= 4 is 11.4 Å². The van der Waals surface area contributed by atoms with E-state index in [2.05, 4.69) is 5.32 Å². The second-order valence-corrected chi connectivity index (χ2v) is 2.78. The molecule has 1 atom stereocenters. The Kier molecular flexibility index (Phi) is 2.97. The molecule has 0 aromatic heterocycles. The normalized spacial score (nSPS) is 12.2. The summed E-state index contributed by atoms with van der Waals surface area (Å²) in [5.41, 5.74) is 6.98. The number of rotatable bonds is 3. The van der Waals surface area contributed by atoms with Gasteiger partial charge < -0.3 is 20.9 Å². The quantitative estimate of drug-likeness (QED) is 0.482. The van der Waals surface area contributed by atoms with Crippen molar-refractivity contribution in [2.75, 3.05) is 18.2 Å². The van der Waals surface area contributed by atoms with Crippen molar-refractivity contribution in [3.63, 3.8) is 0 Å². The van der Waals surface area contributed by atoms with E-state index in [4.69, 9.17) is 15.6 Å². The first-order valence-electron chi connectivity index (χ1n) is 4.01. The van der Waals surface area contributed by atoms with E-state index in [0.29, 0.717) is 11.4 Å². The van der Waals surface area contributed by atoms with Crippen LogP contribution in [-0.4, -0.2) is 18.4 Å². The molecular weight excluding hydrogens is 168 g/mol. The van der Waals surface area contributed by atoms with E-state index >= 15 is 0 Å². The number of benzene rings is 1. The van der Waals surface area contributed by atoms with Crippen LogP contribution in [0.2, 0.25) is 0 Å². The SMILES string of the molecule is COc1ccc(NC(C)O)cc1N. The lowest BCUT2D eigenvalue weighted by atomic mass is 10.2. The number of nitrogens with two attached hydrogens (primary N) is 1. The molecule has 0 radical (unpaired) electrons. The molecule has 0 aliphatic rings. The topological polar surface area (TPSA) is 67.5 Å². The van der Waals surface area contributed by atoms with Crippen LogP contribution in [0.15, 0.2) is 18.2 Å². The Balaban J connectivity index is 2.83. The Hall–Kier alpha value is -1.42. The minimum absolute atomic E-state index is 0.549. The van der Waals surface area contributed by atoms with Gasteiger partial charge in [-0.15, -0.1) is 0 Å². The lowest BCUT2D eigenvalue weighted by Gasteiger charge is -2.11. The third-order valence-electron chi connectivity index (χ3n) is 1.61. The number of hydrogen-bond donors (Lipinski definition) is 3. The van der Waals surface area contributed by atoms with Crippen molar-refractivity contribution < 1.29 is 9.84 Å². The number of aliphatic hydroxyl groups is 1. The summed E-state index contributed by atoms with van der Waals surface area (Å²) in [4.78, 5) is 0. The largest absolute Gasteiger partial charge is 0.495 e. The highest BCUT2D eigenvalue weighted by molar-refractivity contribution is 5.62. The van der Waals surface area contributed by atoms with Crippen LogP contribution in [-0.2, 0) is 0 Å². The van der Waals surface area contributed by atoms with Crippen LogP contribution in [0, 0.1) is 0 Å². The smallest absolute Gasteiger partial charge is 0.141 e. The average molecular weight is 182 g/mol. The van der Waals surface area contributed by atoms with E-state index in [1.54, 1.807) is 32.2 Å². The highest BCUT2D eigenvalue weighted by atomic mass is 16.5. The standard InChI is InChI=1S/C9H14N2O2/c1-6(12)11-7-3-4-9(13-2)8(10)5-7/h3-6,11-12H,10H2,1-2H3. The minimum Gasteiger partial charge on any atom is -0.495 e. The number of nitrogens with one attached hydrogen (secondary N) is 1. The predicted octanol–water partition coefficient (Wildman–Crippen LogP) is 1.03. The van der Waals surface area contributed by atoms with Crippen LogP contribution >= 0.6 is 0 Å². The Bertz CT molecular complexity index is 287. The van der Waals surface area contributed by atoms with Gasteiger partial charge in [-0.3, -0.25) is 0 Å². The van der Waals surface area contributed by atoms with Gasteiger partial charge in [0.1, 0.15) is 12.0 Å². The summed E-state index contributed by atoms with van der Waals surface area (Å²) >= 11 is 0. The van der Waals surface area contributed by atoms with Gasteiger partial charge in [0, 0.05) is 5.69 Å². The third-order valence-corrected chi connectivity index (χ3v) is 1.61. The summed E-state index contributed by atoms with van der Waals surface area (Å²) in [5.74, 6) is 0.635. The molecule has 0 saturated heterocycles. The monoisotopic (exact) mass is 182 g/mol. The molecule has 1 aromatic rings. The van der Waals surface area contributed by atoms with Gasteiger partial charge in [-0.05, 0) is 25.1 Å². The van der Waals surface area contributed by atoms with Gasteiger partial charge in [-0.2, -0.15) is 0 Å². The lowest BCUT2D eigenvalue weighted by molar-refractivity contribution is 0.224. The molecule has 0 bridgehead atoms. The van der Waals surface area contributed by atoms with Crippen molar-refractivity contribution in [2.45, 2.75) is 13.2 Å². The van der Waals surface area contributed by atoms with E-state index < -0.39 is 6.23 Å². The zero-order valence-corrected chi connectivity index (χ0v) is 7.74. The van der Waals surface area contributed by atoms with Crippen molar-refractivity contribution in [1.82, 2.24) is 0 Å². The van der Waals surface area contributed by atoms with Gasteiger partial charge in [-0.25, -0.2) is 0 Å². The molecule has 4 heteroatoms. The molecule has 0 aliphatic carbocycles. The Morgan fingerprint density at radius 2 is 2.23 bits per heavy atom. The van der Waals surface area contributed by atoms with Crippen LogP contribution in [0.1, 0.15) is 6.92 Å². The van der Waals surface area contributed by atoms with E-state index in [-0.39, 0.29) is 0 Å². The molecule has 4 nitrogen and oxygen atoms in total. The third kappa shape index (κ3) is 2.52. The number of nitrogen functional groups attached to an aromatic ring is 1. The molecule has 1 rings (SSSR count). The van der Waals surface area contributed by atoms with Gasteiger partial charge in [-0.1, -0.05) is 0 Å². The number of anilines is 2. The zero-order chi connectivity index (χ0) is 9.84. The van der Waals surface area contributed by atoms with E-state index in [1.165, 1.54) is 0 Å². The molecule has 0 saturated carbocycles. The molecule has 1 aromatic carbocycles. The van der Waals surface area contributed by atoms with E-state index in [1.807, 2.05) is 0 Å². The Morgan fingerprint density at radius 1 is 1.54 bits per heavy atom. The van der Waals surface area contributed by atoms with Crippen LogP contribution in [0.5, 0.6) is 5.75 Å². The van der Waals surface area contributed by atoms with Crippen LogP contribution in [0.3, 0.4) is 0 Å². The fourth-order valence-corrected chi connectivity index (χ4v) is 1.07. The molecule has 0 fully saturated rings. The zero-order valence-electron chi connectivity index (χ0n) is 7.74. The molecule has 1 unspecified atom stereocenters. The highest BCUT2D eigenvalue weighted by Gasteiger charge is 2.01. The summed E-state index contributed by atoms with van der Waals surface area (Å²) in [5, 5.41) is 11.9. The summed E-state index contributed by atoms with van der Waals surface area (Å²) in [6, 6.07) is 5.26. The number of methoxy groups -OCH3 is 1. The van der Waals surface area contributed by atoms with Gasteiger partial charge >= 0.3 is 0 Å². The number of aliphatic hydroxyl groups excluding tert-OH is 1. The van der Waals surface area contributed by atoms with Gasteiger partial charge in [0.05, 0.1) is 12.8 Å². The maximum Gasteiger partial charge on any atom is 0.141 e. The predicted molar refractivity (Wildman–Crippen MR) is 52.7 cm³/mol. The van der Waals surface area contributed by atoms with E-state index in [0.717, 1.165) is 5.69 Å². The first-order chi connectivity index (χ1) is 6.13. The lowest BCUT2D eigenvalue weighted by Crippen LogP contribution is -2.13. The van der Waals surface area contributed by atoms with Gasteiger partial charge in [0.2, 0.25) is 0 Å². The molecule has 72 valence electrons.